The van der Waals surface area contributed by atoms with Crippen molar-refractivity contribution in [1.82, 2.24) is 10.3 Å². The number of halogens is 1. The SMILES string of the molecule is Cc1nc(CCNC(C)c2ccc(C)c(F)c2)cs1. The van der Waals surface area contributed by atoms with Crippen molar-refractivity contribution in [2.45, 2.75) is 33.2 Å². The summed E-state index contributed by atoms with van der Waals surface area (Å²) in [6, 6.07) is 5.56. The summed E-state index contributed by atoms with van der Waals surface area (Å²) in [7, 11) is 0. The lowest BCUT2D eigenvalue weighted by Crippen LogP contribution is -2.21. The van der Waals surface area contributed by atoms with E-state index in [1.165, 1.54) is 0 Å². The van der Waals surface area contributed by atoms with Gasteiger partial charge in [-0.2, -0.15) is 0 Å². The van der Waals surface area contributed by atoms with Gasteiger partial charge in [0.2, 0.25) is 0 Å². The summed E-state index contributed by atoms with van der Waals surface area (Å²) >= 11 is 1.67. The number of nitrogens with one attached hydrogen (secondary N) is 1. The molecule has 0 radical (unpaired) electrons. The van der Waals surface area contributed by atoms with Crippen LogP contribution in [0.15, 0.2) is 23.6 Å². The number of aromatic nitrogens is 1. The Bertz CT molecular complexity index is 551. The van der Waals surface area contributed by atoms with Gasteiger partial charge in [-0.05, 0) is 38.0 Å². The topological polar surface area (TPSA) is 24.9 Å². The maximum absolute atomic E-state index is 13.5. The molecule has 2 rings (SSSR count). The van der Waals surface area contributed by atoms with Crippen LogP contribution in [0.4, 0.5) is 4.39 Å². The third kappa shape index (κ3) is 3.85. The van der Waals surface area contributed by atoms with Crippen molar-refractivity contribution in [3.8, 4) is 0 Å². The second kappa shape index (κ2) is 6.26. The molecule has 0 aliphatic carbocycles. The molecule has 102 valence electrons. The normalized spacial score (nSPS) is 12.6. The summed E-state index contributed by atoms with van der Waals surface area (Å²) in [5, 5.41) is 6.59. The largest absolute Gasteiger partial charge is 0.310 e. The van der Waals surface area contributed by atoms with Crippen molar-refractivity contribution in [3.05, 3.63) is 51.2 Å². The number of nitrogens with zero attached hydrogens (tertiary/aromatic N) is 1. The van der Waals surface area contributed by atoms with E-state index in [1.807, 2.05) is 19.1 Å². The van der Waals surface area contributed by atoms with Gasteiger partial charge >= 0.3 is 0 Å². The van der Waals surface area contributed by atoms with E-state index in [9.17, 15) is 4.39 Å². The van der Waals surface area contributed by atoms with Gasteiger partial charge in [-0.3, -0.25) is 0 Å². The monoisotopic (exact) mass is 278 g/mol. The Morgan fingerprint density at radius 2 is 2.16 bits per heavy atom. The van der Waals surface area contributed by atoms with Crippen LogP contribution in [0.5, 0.6) is 0 Å². The third-order valence-corrected chi connectivity index (χ3v) is 4.02. The Morgan fingerprint density at radius 1 is 1.37 bits per heavy atom. The molecule has 0 amide bonds. The summed E-state index contributed by atoms with van der Waals surface area (Å²) in [4.78, 5) is 4.42. The molecule has 1 heterocycles. The minimum atomic E-state index is -0.138. The first-order chi connectivity index (χ1) is 9.06. The number of thiazole rings is 1. The lowest BCUT2D eigenvalue weighted by Gasteiger charge is -2.14. The van der Waals surface area contributed by atoms with Gasteiger partial charge in [-0.25, -0.2) is 9.37 Å². The maximum Gasteiger partial charge on any atom is 0.126 e. The van der Waals surface area contributed by atoms with E-state index in [0.717, 1.165) is 29.2 Å². The first kappa shape index (κ1) is 14.2. The molecule has 1 unspecified atom stereocenters. The molecule has 4 heteroatoms. The summed E-state index contributed by atoms with van der Waals surface area (Å²) in [5.41, 5.74) is 2.80. The summed E-state index contributed by atoms with van der Waals surface area (Å²) < 4.78 is 13.5. The van der Waals surface area contributed by atoms with Gasteiger partial charge in [-0.1, -0.05) is 12.1 Å². The lowest BCUT2D eigenvalue weighted by atomic mass is 10.1. The summed E-state index contributed by atoms with van der Waals surface area (Å²) in [6.45, 7) is 6.69. The first-order valence-electron chi connectivity index (χ1n) is 6.46. The van der Waals surface area contributed by atoms with Crippen LogP contribution in [-0.4, -0.2) is 11.5 Å². The average molecular weight is 278 g/mol. The van der Waals surface area contributed by atoms with Gasteiger partial charge in [0.15, 0.2) is 0 Å². The molecule has 1 atom stereocenters. The van der Waals surface area contributed by atoms with Gasteiger partial charge in [-0.15, -0.1) is 11.3 Å². The van der Waals surface area contributed by atoms with E-state index >= 15 is 0 Å². The van der Waals surface area contributed by atoms with Crippen LogP contribution in [0.3, 0.4) is 0 Å². The second-order valence-electron chi connectivity index (χ2n) is 4.79. The van der Waals surface area contributed by atoms with Crippen LogP contribution in [0.25, 0.3) is 0 Å². The molecular formula is C15H19FN2S. The van der Waals surface area contributed by atoms with Crippen molar-refractivity contribution in [2.75, 3.05) is 6.54 Å². The van der Waals surface area contributed by atoms with Gasteiger partial charge < -0.3 is 5.32 Å². The first-order valence-corrected chi connectivity index (χ1v) is 7.34. The zero-order valence-electron chi connectivity index (χ0n) is 11.5. The number of aryl methyl sites for hydroxylation is 2. The minimum absolute atomic E-state index is 0.138. The van der Waals surface area contributed by atoms with E-state index < -0.39 is 0 Å². The highest BCUT2D eigenvalue weighted by Crippen LogP contribution is 2.16. The molecule has 0 aliphatic rings. The Morgan fingerprint density at radius 3 is 2.79 bits per heavy atom. The molecule has 0 aliphatic heterocycles. The van der Waals surface area contributed by atoms with Crippen LogP contribution in [0, 0.1) is 19.7 Å². The fourth-order valence-corrected chi connectivity index (χ4v) is 2.58. The molecule has 19 heavy (non-hydrogen) atoms. The van der Waals surface area contributed by atoms with Crippen LogP contribution >= 0.6 is 11.3 Å². The van der Waals surface area contributed by atoms with Crippen LogP contribution in [0.1, 0.15) is 34.8 Å². The van der Waals surface area contributed by atoms with E-state index in [-0.39, 0.29) is 11.9 Å². The average Bonchev–Trinajstić information content (AvgIpc) is 2.78. The fraction of sp³-hybridized carbons (Fsp3) is 0.400. The highest BCUT2D eigenvalue weighted by molar-refractivity contribution is 7.09. The molecule has 0 fully saturated rings. The molecule has 2 aromatic rings. The van der Waals surface area contributed by atoms with Gasteiger partial charge in [0.05, 0.1) is 10.7 Å². The van der Waals surface area contributed by atoms with E-state index in [4.69, 9.17) is 0 Å². The van der Waals surface area contributed by atoms with Gasteiger partial charge in [0.25, 0.3) is 0 Å². The summed E-state index contributed by atoms with van der Waals surface area (Å²) in [6.07, 6.45) is 0.906. The molecule has 0 saturated heterocycles. The van der Waals surface area contributed by atoms with Crippen molar-refractivity contribution >= 4 is 11.3 Å². The number of hydrogen-bond acceptors (Lipinski definition) is 3. The molecule has 2 nitrogen and oxygen atoms in total. The van der Waals surface area contributed by atoms with E-state index in [1.54, 1.807) is 24.3 Å². The van der Waals surface area contributed by atoms with Crippen LogP contribution in [0.2, 0.25) is 0 Å². The van der Waals surface area contributed by atoms with Gasteiger partial charge in [0, 0.05) is 24.4 Å². The molecule has 1 aromatic carbocycles. The number of rotatable bonds is 5. The fourth-order valence-electron chi connectivity index (χ4n) is 1.94. The zero-order chi connectivity index (χ0) is 13.8. The molecule has 0 spiro atoms. The molecule has 0 bridgehead atoms. The van der Waals surface area contributed by atoms with E-state index in [0.29, 0.717) is 5.56 Å². The van der Waals surface area contributed by atoms with Crippen LogP contribution < -0.4 is 5.32 Å². The highest BCUT2D eigenvalue weighted by Gasteiger charge is 2.07. The molecule has 1 aromatic heterocycles. The van der Waals surface area contributed by atoms with Gasteiger partial charge in [0.1, 0.15) is 5.82 Å². The second-order valence-corrected chi connectivity index (χ2v) is 5.85. The summed E-state index contributed by atoms with van der Waals surface area (Å²) in [5.74, 6) is -0.138. The molecule has 1 N–H and O–H groups in total. The minimum Gasteiger partial charge on any atom is -0.310 e. The Hall–Kier alpha value is -1.26. The Balaban J connectivity index is 1.86. The van der Waals surface area contributed by atoms with Crippen molar-refractivity contribution < 1.29 is 4.39 Å². The van der Waals surface area contributed by atoms with Crippen molar-refractivity contribution in [2.24, 2.45) is 0 Å². The maximum atomic E-state index is 13.5. The quantitative estimate of drug-likeness (QED) is 0.900. The Kier molecular flexibility index (Phi) is 4.66. The standard InChI is InChI=1S/C15H19FN2S/c1-10-4-5-13(8-15(10)16)11(2)17-7-6-14-9-19-12(3)18-14/h4-5,8-9,11,17H,6-7H2,1-3H3. The third-order valence-electron chi connectivity index (χ3n) is 3.19. The predicted octanol–water partition coefficient (Wildman–Crippen LogP) is 3.79. The van der Waals surface area contributed by atoms with Crippen molar-refractivity contribution in [3.63, 3.8) is 0 Å². The molecular weight excluding hydrogens is 259 g/mol. The Labute approximate surface area is 117 Å². The van der Waals surface area contributed by atoms with Crippen LogP contribution in [-0.2, 0) is 6.42 Å². The van der Waals surface area contributed by atoms with Crippen molar-refractivity contribution in [1.29, 1.82) is 0 Å². The van der Waals surface area contributed by atoms with E-state index in [2.05, 4.69) is 22.6 Å². The molecule has 0 saturated carbocycles. The smallest absolute Gasteiger partial charge is 0.126 e. The number of hydrogen-bond donors (Lipinski definition) is 1. The highest BCUT2D eigenvalue weighted by atomic mass is 32.1. The number of benzene rings is 1. The predicted molar refractivity (Wildman–Crippen MR) is 78.1 cm³/mol. The lowest BCUT2D eigenvalue weighted by molar-refractivity contribution is 0.563. The zero-order valence-corrected chi connectivity index (χ0v) is 12.4.